The highest BCUT2D eigenvalue weighted by molar-refractivity contribution is 5.97. The maximum atomic E-state index is 12.5. The summed E-state index contributed by atoms with van der Waals surface area (Å²) in [5, 5.41) is 7.92. The average Bonchev–Trinajstić information content (AvgIpc) is 2.80. The highest BCUT2D eigenvalue weighted by Gasteiger charge is 2.24. The van der Waals surface area contributed by atoms with E-state index in [1.165, 1.54) is 0 Å². The smallest absolute Gasteiger partial charge is 0.257 e. The van der Waals surface area contributed by atoms with Crippen LogP contribution in [0.3, 0.4) is 0 Å². The molecule has 1 aliphatic heterocycles. The van der Waals surface area contributed by atoms with Gasteiger partial charge in [-0.3, -0.25) is 4.79 Å². The van der Waals surface area contributed by atoms with Gasteiger partial charge in [-0.05, 0) is 19.9 Å². The summed E-state index contributed by atoms with van der Waals surface area (Å²) in [6.07, 6.45) is 1.56. The van der Waals surface area contributed by atoms with E-state index in [-0.39, 0.29) is 11.9 Å². The van der Waals surface area contributed by atoms with E-state index < -0.39 is 0 Å². The number of pyridine rings is 1. The van der Waals surface area contributed by atoms with Crippen molar-refractivity contribution in [1.29, 1.82) is 0 Å². The van der Waals surface area contributed by atoms with Crippen molar-refractivity contribution < 1.29 is 9.32 Å². The molecule has 6 heteroatoms. The van der Waals surface area contributed by atoms with Crippen LogP contribution in [0, 0.1) is 6.92 Å². The highest BCUT2D eigenvalue weighted by atomic mass is 16.5. The number of hydrogen-bond donors (Lipinski definition) is 1. The fraction of sp³-hybridized carbons (Fsp3) is 0.462. The van der Waals surface area contributed by atoms with Crippen LogP contribution in [0.2, 0.25) is 0 Å². The fourth-order valence-electron chi connectivity index (χ4n) is 2.37. The van der Waals surface area contributed by atoms with E-state index in [0.717, 1.165) is 30.7 Å². The third-order valence-corrected chi connectivity index (χ3v) is 3.52. The topological polar surface area (TPSA) is 71.3 Å². The summed E-state index contributed by atoms with van der Waals surface area (Å²) in [6.45, 7) is 6.27. The third kappa shape index (κ3) is 2.08. The summed E-state index contributed by atoms with van der Waals surface area (Å²) >= 11 is 0. The Labute approximate surface area is 110 Å². The fourth-order valence-corrected chi connectivity index (χ4v) is 2.37. The number of amides is 1. The first kappa shape index (κ1) is 12.1. The van der Waals surface area contributed by atoms with Crippen molar-refractivity contribution in [3.05, 3.63) is 23.5 Å². The second kappa shape index (κ2) is 4.62. The van der Waals surface area contributed by atoms with Crippen molar-refractivity contribution in [1.82, 2.24) is 20.4 Å². The van der Waals surface area contributed by atoms with Crippen LogP contribution < -0.4 is 5.32 Å². The molecule has 100 valence electrons. The van der Waals surface area contributed by atoms with E-state index in [4.69, 9.17) is 4.52 Å². The molecule has 0 unspecified atom stereocenters. The van der Waals surface area contributed by atoms with Crippen molar-refractivity contribution in [2.45, 2.75) is 19.9 Å². The molecule has 2 aromatic rings. The van der Waals surface area contributed by atoms with Crippen LogP contribution in [0.4, 0.5) is 0 Å². The normalized spacial score (nSPS) is 19.9. The number of nitrogens with one attached hydrogen (secondary N) is 1. The number of rotatable bonds is 1. The number of piperazine rings is 1. The Kier molecular flexibility index (Phi) is 2.94. The standard InChI is InChI=1S/C13H16N4O2/c1-8-6-14-3-4-17(8)13(18)10-5-11-9(2)16-19-12(11)15-7-10/h5,7-8,14H,3-4,6H2,1-2H3/t8-/m1/s1. The van der Waals surface area contributed by atoms with Crippen molar-refractivity contribution in [3.8, 4) is 0 Å². The van der Waals surface area contributed by atoms with Gasteiger partial charge in [-0.15, -0.1) is 0 Å². The Balaban J connectivity index is 1.94. The van der Waals surface area contributed by atoms with Crippen LogP contribution in [-0.2, 0) is 0 Å². The van der Waals surface area contributed by atoms with Gasteiger partial charge in [0.1, 0.15) is 0 Å². The molecule has 1 fully saturated rings. The van der Waals surface area contributed by atoms with Gasteiger partial charge >= 0.3 is 0 Å². The zero-order chi connectivity index (χ0) is 13.4. The zero-order valence-corrected chi connectivity index (χ0v) is 11.0. The van der Waals surface area contributed by atoms with Crippen LogP contribution in [-0.4, -0.2) is 46.6 Å². The first-order valence-corrected chi connectivity index (χ1v) is 6.40. The van der Waals surface area contributed by atoms with Crippen molar-refractivity contribution in [3.63, 3.8) is 0 Å². The summed E-state index contributed by atoms with van der Waals surface area (Å²) in [7, 11) is 0. The van der Waals surface area contributed by atoms with Gasteiger partial charge in [0.05, 0.1) is 16.6 Å². The zero-order valence-electron chi connectivity index (χ0n) is 11.0. The molecular formula is C13H16N4O2. The number of fused-ring (bicyclic) bond motifs is 1. The predicted molar refractivity (Wildman–Crippen MR) is 69.9 cm³/mol. The largest absolute Gasteiger partial charge is 0.336 e. The molecule has 0 radical (unpaired) electrons. The first-order chi connectivity index (χ1) is 9.16. The molecular weight excluding hydrogens is 244 g/mol. The molecule has 0 bridgehead atoms. The van der Waals surface area contributed by atoms with E-state index in [9.17, 15) is 4.79 Å². The molecule has 1 atom stereocenters. The van der Waals surface area contributed by atoms with Crippen LogP contribution >= 0.6 is 0 Å². The molecule has 0 saturated carbocycles. The van der Waals surface area contributed by atoms with Crippen LogP contribution in [0.25, 0.3) is 11.1 Å². The summed E-state index contributed by atoms with van der Waals surface area (Å²) in [4.78, 5) is 18.5. The number of carbonyl (C=O) groups is 1. The molecule has 3 rings (SSSR count). The van der Waals surface area contributed by atoms with Gasteiger partial charge in [0.2, 0.25) is 0 Å². The molecule has 2 aromatic heterocycles. The van der Waals surface area contributed by atoms with Crippen LogP contribution in [0.1, 0.15) is 23.0 Å². The van der Waals surface area contributed by atoms with Gasteiger partial charge < -0.3 is 14.7 Å². The van der Waals surface area contributed by atoms with Gasteiger partial charge in [-0.25, -0.2) is 4.98 Å². The molecule has 1 N–H and O–H groups in total. The predicted octanol–water partition coefficient (Wildman–Crippen LogP) is 0.965. The minimum Gasteiger partial charge on any atom is -0.336 e. The Morgan fingerprint density at radius 3 is 3.21 bits per heavy atom. The second-order valence-corrected chi connectivity index (χ2v) is 4.90. The summed E-state index contributed by atoms with van der Waals surface area (Å²) in [5.41, 5.74) is 1.82. The lowest BCUT2D eigenvalue weighted by Crippen LogP contribution is -2.52. The average molecular weight is 260 g/mol. The SMILES string of the molecule is Cc1noc2ncc(C(=O)N3CCNC[C@H]3C)cc12. The maximum Gasteiger partial charge on any atom is 0.257 e. The number of aryl methyl sites for hydroxylation is 1. The molecule has 0 aromatic carbocycles. The minimum atomic E-state index is 0.0176. The highest BCUT2D eigenvalue weighted by Crippen LogP contribution is 2.18. The Hall–Kier alpha value is -1.95. The van der Waals surface area contributed by atoms with Gasteiger partial charge in [-0.1, -0.05) is 5.16 Å². The molecule has 0 aliphatic carbocycles. The van der Waals surface area contributed by atoms with E-state index in [1.807, 2.05) is 24.8 Å². The lowest BCUT2D eigenvalue weighted by atomic mass is 10.1. The maximum absolute atomic E-state index is 12.5. The molecule has 19 heavy (non-hydrogen) atoms. The summed E-state index contributed by atoms with van der Waals surface area (Å²) < 4.78 is 5.05. The van der Waals surface area contributed by atoms with Gasteiger partial charge in [0, 0.05) is 31.9 Å². The summed E-state index contributed by atoms with van der Waals surface area (Å²) in [5.74, 6) is 0.0176. The van der Waals surface area contributed by atoms with Gasteiger partial charge in [0.15, 0.2) is 0 Å². The molecule has 1 amide bonds. The second-order valence-electron chi connectivity index (χ2n) is 4.90. The van der Waals surface area contributed by atoms with Crippen molar-refractivity contribution in [2.24, 2.45) is 0 Å². The van der Waals surface area contributed by atoms with Crippen LogP contribution in [0.15, 0.2) is 16.8 Å². The molecule has 1 aliphatic rings. The van der Waals surface area contributed by atoms with Gasteiger partial charge in [0.25, 0.3) is 11.6 Å². The first-order valence-electron chi connectivity index (χ1n) is 6.40. The molecule has 3 heterocycles. The molecule has 6 nitrogen and oxygen atoms in total. The van der Waals surface area contributed by atoms with Crippen molar-refractivity contribution in [2.75, 3.05) is 19.6 Å². The Morgan fingerprint density at radius 1 is 1.58 bits per heavy atom. The summed E-state index contributed by atoms with van der Waals surface area (Å²) in [6, 6.07) is 2.01. The minimum absolute atomic E-state index is 0.0176. The van der Waals surface area contributed by atoms with E-state index in [2.05, 4.69) is 15.5 Å². The molecule has 0 spiro atoms. The Bertz CT molecular complexity index is 622. The molecule has 1 saturated heterocycles. The van der Waals surface area contributed by atoms with Crippen LogP contribution in [0.5, 0.6) is 0 Å². The lowest BCUT2D eigenvalue weighted by molar-refractivity contribution is 0.0655. The van der Waals surface area contributed by atoms with Gasteiger partial charge in [-0.2, -0.15) is 0 Å². The lowest BCUT2D eigenvalue weighted by Gasteiger charge is -2.33. The monoisotopic (exact) mass is 260 g/mol. The number of aromatic nitrogens is 2. The van der Waals surface area contributed by atoms with E-state index in [1.54, 1.807) is 6.20 Å². The van der Waals surface area contributed by atoms with E-state index >= 15 is 0 Å². The Morgan fingerprint density at radius 2 is 2.42 bits per heavy atom. The number of nitrogens with zero attached hydrogens (tertiary/aromatic N) is 3. The quantitative estimate of drug-likeness (QED) is 0.827. The number of hydrogen-bond acceptors (Lipinski definition) is 5. The van der Waals surface area contributed by atoms with Crippen molar-refractivity contribution >= 4 is 17.0 Å². The van der Waals surface area contributed by atoms with E-state index in [0.29, 0.717) is 11.3 Å². The number of carbonyl (C=O) groups excluding carboxylic acids is 1. The third-order valence-electron chi connectivity index (χ3n) is 3.52.